The fourth-order valence-electron chi connectivity index (χ4n) is 2.76. The number of halogens is 3. The number of carbonyl (C=O) groups is 1. The van der Waals surface area contributed by atoms with Gasteiger partial charge in [-0.3, -0.25) is 4.79 Å². The molecule has 3 nitrogen and oxygen atoms in total. The lowest BCUT2D eigenvalue weighted by Gasteiger charge is -2.25. The molecule has 0 saturated heterocycles. The van der Waals surface area contributed by atoms with E-state index in [1.807, 2.05) is 0 Å². The highest BCUT2D eigenvalue weighted by molar-refractivity contribution is 5.82. The Morgan fingerprint density at radius 1 is 1.25 bits per heavy atom. The molecule has 20 heavy (non-hydrogen) atoms. The van der Waals surface area contributed by atoms with E-state index in [0.717, 1.165) is 12.1 Å². The Hall–Kier alpha value is -1.72. The summed E-state index contributed by atoms with van der Waals surface area (Å²) in [5.74, 6) is -1.04. The van der Waals surface area contributed by atoms with Crippen molar-refractivity contribution >= 4 is 5.97 Å². The Morgan fingerprint density at radius 3 is 2.30 bits per heavy atom. The number of benzene rings is 1. The molecular formula is C14H15F3O3. The van der Waals surface area contributed by atoms with Gasteiger partial charge in [-0.05, 0) is 36.6 Å². The van der Waals surface area contributed by atoms with E-state index in [0.29, 0.717) is 25.7 Å². The summed E-state index contributed by atoms with van der Waals surface area (Å²) in [7, 11) is 1.27. The highest BCUT2D eigenvalue weighted by Gasteiger charge is 2.44. The molecule has 0 aliphatic heterocycles. The fraction of sp³-hybridized carbons (Fsp3) is 0.500. The van der Waals surface area contributed by atoms with Gasteiger partial charge in [-0.2, -0.15) is 13.2 Å². The van der Waals surface area contributed by atoms with Gasteiger partial charge in [0.2, 0.25) is 0 Å². The number of alkyl halides is 3. The SMILES string of the molecule is COc1cc(C(F)(F)F)cc(C2(C(=O)O)CCCC2)c1. The minimum absolute atomic E-state index is 0.0300. The number of ether oxygens (including phenoxy) is 1. The lowest BCUT2D eigenvalue weighted by molar-refractivity contribution is -0.144. The van der Waals surface area contributed by atoms with Gasteiger partial charge in [0.1, 0.15) is 5.75 Å². The van der Waals surface area contributed by atoms with Crippen LogP contribution < -0.4 is 4.74 Å². The van der Waals surface area contributed by atoms with Gasteiger partial charge in [0.25, 0.3) is 0 Å². The smallest absolute Gasteiger partial charge is 0.416 e. The minimum Gasteiger partial charge on any atom is -0.497 e. The first-order valence-corrected chi connectivity index (χ1v) is 6.30. The molecule has 1 fully saturated rings. The van der Waals surface area contributed by atoms with Crippen LogP contribution in [0, 0.1) is 0 Å². The quantitative estimate of drug-likeness (QED) is 0.924. The molecule has 0 bridgehead atoms. The third-order valence-corrected chi connectivity index (χ3v) is 3.89. The van der Waals surface area contributed by atoms with Gasteiger partial charge in [-0.15, -0.1) is 0 Å². The molecule has 0 spiro atoms. The largest absolute Gasteiger partial charge is 0.497 e. The number of rotatable bonds is 3. The van der Waals surface area contributed by atoms with Crippen molar-refractivity contribution in [2.75, 3.05) is 7.11 Å². The van der Waals surface area contributed by atoms with Crippen molar-refractivity contribution in [2.24, 2.45) is 0 Å². The van der Waals surface area contributed by atoms with Crippen molar-refractivity contribution in [1.82, 2.24) is 0 Å². The third kappa shape index (κ3) is 2.46. The Morgan fingerprint density at radius 2 is 1.85 bits per heavy atom. The predicted molar refractivity (Wildman–Crippen MR) is 65.8 cm³/mol. The zero-order chi connectivity index (χ0) is 15.0. The summed E-state index contributed by atoms with van der Waals surface area (Å²) in [6.07, 6.45) is -2.42. The van der Waals surface area contributed by atoms with Crippen LogP contribution in [0.4, 0.5) is 13.2 Å². The highest BCUT2D eigenvalue weighted by Crippen LogP contribution is 2.44. The van der Waals surface area contributed by atoms with Crippen molar-refractivity contribution in [3.63, 3.8) is 0 Å². The van der Waals surface area contributed by atoms with Crippen LogP contribution in [-0.2, 0) is 16.4 Å². The van der Waals surface area contributed by atoms with E-state index in [2.05, 4.69) is 0 Å². The molecule has 2 rings (SSSR count). The number of methoxy groups -OCH3 is 1. The van der Waals surface area contributed by atoms with Gasteiger partial charge in [-0.25, -0.2) is 0 Å². The molecule has 0 amide bonds. The molecule has 1 saturated carbocycles. The zero-order valence-corrected chi connectivity index (χ0v) is 11.0. The monoisotopic (exact) mass is 288 g/mol. The van der Waals surface area contributed by atoms with Crippen LogP contribution in [0.25, 0.3) is 0 Å². The average molecular weight is 288 g/mol. The van der Waals surface area contributed by atoms with Crippen molar-refractivity contribution in [2.45, 2.75) is 37.3 Å². The molecule has 1 aliphatic carbocycles. The summed E-state index contributed by atoms with van der Waals surface area (Å²) in [6.45, 7) is 0. The molecule has 0 aromatic heterocycles. The Bertz CT molecular complexity index is 517. The standard InChI is InChI=1S/C14H15F3O3/c1-20-11-7-9(6-10(8-11)14(15,16)17)13(12(18)19)4-2-3-5-13/h6-8H,2-5H2,1H3,(H,18,19). The van der Waals surface area contributed by atoms with Gasteiger partial charge in [-0.1, -0.05) is 12.8 Å². The van der Waals surface area contributed by atoms with Gasteiger partial charge in [0.15, 0.2) is 0 Å². The molecule has 1 aromatic carbocycles. The summed E-state index contributed by atoms with van der Waals surface area (Å²) >= 11 is 0. The Labute approximate surface area is 114 Å². The maximum Gasteiger partial charge on any atom is 0.416 e. The van der Waals surface area contributed by atoms with Crippen molar-refractivity contribution < 1.29 is 27.8 Å². The Kier molecular flexibility index (Phi) is 3.67. The van der Waals surface area contributed by atoms with Gasteiger partial charge >= 0.3 is 12.1 Å². The lowest BCUT2D eigenvalue weighted by Crippen LogP contribution is -2.33. The summed E-state index contributed by atoms with van der Waals surface area (Å²) < 4.78 is 43.6. The van der Waals surface area contributed by atoms with Gasteiger partial charge < -0.3 is 9.84 Å². The molecule has 0 radical (unpaired) electrons. The molecule has 110 valence electrons. The van der Waals surface area contributed by atoms with E-state index in [9.17, 15) is 23.1 Å². The van der Waals surface area contributed by atoms with Crippen LogP contribution in [0.1, 0.15) is 36.8 Å². The molecule has 0 unspecified atom stereocenters. The highest BCUT2D eigenvalue weighted by atomic mass is 19.4. The Balaban J connectivity index is 2.58. The molecule has 1 aliphatic rings. The number of hydrogen-bond donors (Lipinski definition) is 1. The fourth-order valence-corrected chi connectivity index (χ4v) is 2.76. The molecule has 1 N–H and O–H groups in total. The molecule has 6 heteroatoms. The van der Waals surface area contributed by atoms with Gasteiger partial charge in [0, 0.05) is 0 Å². The van der Waals surface area contributed by atoms with Crippen LogP contribution >= 0.6 is 0 Å². The topological polar surface area (TPSA) is 46.5 Å². The minimum atomic E-state index is -4.53. The zero-order valence-electron chi connectivity index (χ0n) is 11.0. The lowest BCUT2D eigenvalue weighted by atomic mass is 9.78. The molecular weight excluding hydrogens is 273 g/mol. The van der Waals surface area contributed by atoms with Gasteiger partial charge in [0.05, 0.1) is 18.1 Å². The van der Waals surface area contributed by atoms with Crippen LogP contribution in [0.3, 0.4) is 0 Å². The normalized spacial score (nSPS) is 18.0. The maximum atomic E-state index is 12.9. The average Bonchev–Trinajstić information content (AvgIpc) is 2.87. The summed E-state index contributed by atoms with van der Waals surface area (Å²) in [5, 5.41) is 9.45. The second-order valence-corrected chi connectivity index (χ2v) is 5.04. The summed E-state index contributed by atoms with van der Waals surface area (Å²) in [5.41, 5.74) is -1.93. The predicted octanol–water partition coefficient (Wildman–Crippen LogP) is 3.61. The van der Waals surface area contributed by atoms with E-state index in [4.69, 9.17) is 4.74 Å². The number of aliphatic carboxylic acids is 1. The van der Waals surface area contributed by atoms with Crippen LogP contribution in [0.2, 0.25) is 0 Å². The van der Waals surface area contributed by atoms with E-state index in [-0.39, 0.29) is 11.3 Å². The van der Waals surface area contributed by atoms with E-state index in [1.165, 1.54) is 13.2 Å². The number of carboxylic acids is 1. The third-order valence-electron chi connectivity index (χ3n) is 3.89. The summed E-state index contributed by atoms with van der Waals surface area (Å²) in [6, 6.07) is 3.21. The molecule has 0 heterocycles. The van der Waals surface area contributed by atoms with E-state index in [1.54, 1.807) is 0 Å². The van der Waals surface area contributed by atoms with Crippen molar-refractivity contribution in [3.8, 4) is 5.75 Å². The molecule has 0 atom stereocenters. The number of hydrogen-bond acceptors (Lipinski definition) is 2. The maximum absolute atomic E-state index is 12.9. The van der Waals surface area contributed by atoms with E-state index < -0.39 is 23.1 Å². The first kappa shape index (κ1) is 14.7. The number of carboxylic acid groups (broad SMARTS) is 1. The van der Waals surface area contributed by atoms with Crippen molar-refractivity contribution in [3.05, 3.63) is 29.3 Å². The second kappa shape index (κ2) is 5.00. The van der Waals surface area contributed by atoms with Crippen LogP contribution in [0.15, 0.2) is 18.2 Å². The first-order chi connectivity index (χ1) is 9.29. The molecule has 1 aromatic rings. The second-order valence-electron chi connectivity index (χ2n) is 5.04. The van der Waals surface area contributed by atoms with E-state index >= 15 is 0 Å². The van der Waals surface area contributed by atoms with Crippen LogP contribution in [-0.4, -0.2) is 18.2 Å². The van der Waals surface area contributed by atoms with Crippen molar-refractivity contribution in [1.29, 1.82) is 0 Å². The first-order valence-electron chi connectivity index (χ1n) is 6.30. The summed E-state index contributed by atoms with van der Waals surface area (Å²) in [4.78, 5) is 11.6. The van der Waals surface area contributed by atoms with Crippen LogP contribution in [0.5, 0.6) is 5.75 Å².